The lowest BCUT2D eigenvalue weighted by molar-refractivity contribution is 0.918. The molecule has 210 valence electrons. The first-order chi connectivity index (χ1) is 22.3. The summed E-state index contributed by atoms with van der Waals surface area (Å²) in [6, 6.07) is 53.1. The number of benzene rings is 6. The summed E-state index contributed by atoms with van der Waals surface area (Å²) in [5.74, 6) is 0. The predicted octanol–water partition coefficient (Wildman–Crippen LogP) is 10.3. The van der Waals surface area contributed by atoms with Crippen molar-refractivity contribution in [3.05, 3.63) is 158 Å². The summed E-state index contributed by atoms with van der Waals surface area (Å²) in [5, 5.41) is 10.9. The minimum Gasteiger partial charge on any atom is -0.254 e. The third-order valence-electron chi connectivity index (χ3n) is 8.62. The topological polar surface area (TPSA) is 43.6 Å². The van der Waals surface area contributed by atoms with Gasteiger partial charge in [-0.15, -0.1) is 0 Å². The molecule has 0 fully saturated rings. The number of fused-ring (bicyclic) bond motifs is 6. The van der Waals surface area contributed by atoms with Gasteiger partial charge >= 0.3 is 0 Å². The fourth-order valence-electron chi connectivity index (χ4n) is 6.49. The van der Waals surface area contributed by atoms with Crippen LogP contribution in [0.4, 0.5) is 0 Å². The molecular formula is C41H26N4. The zero-order valence-electron chi connectivity index (χ0n) is 24.3. The number of nitrogens with zero attached hydrogens (tertiary/aromatic N) is 4. The van der Waals surface area contributed by atoms with Gasteiger partial charge in [0.15, 0.2) is 0 Å². The van der Waals surface area contributed by atoms with Crippen LogP contribution in [0.2, 0.25) is 0 Å². The Labute approximate surface area is 259 Å². The zero-order valence-corrected chi connectivity index (χ0v) is 24.3. The van der Waals surface area contributed by atoms with Crippen LogP contribution in [-0.2, 0) is 0 Å². The largest absolute Gasteiger partial charge is 0.254 e. The van der Waals surface area contributed by atoms with Gasteiger partial charge in [0.2, 0.25) is 0 Å². The van der Waals surface area contributed by atoms with Crippen molar-refractivity contribution in [2.24, 2.45) is 0 Å². The van der Waals surface area contributed by atoms with Crippen LogP contribution < -0.4 is 0 Å². The molecule has 0 saturated heterocycles. The SMILES string of the molecule is c1ccc(-c2cc3cc(-c4ccc5ccc6cccnc6c5n4)ccc3c3c2c(-c2ccccc2)nn3-c2ccccc2)cc1. The van der Waals surface area contributed by atoms with Gasteiger partial charge in [-0.2, -0.15) is 5.10 Å². The van der Waals surface area contributed by atoms with E-state index in [9.17, 15) is 0 Å². The number of para-hydroxylation sites is 1. The van der Waals surface area contributed by atoms with Crippen molar-refractivity contribution >= 4 is 43.5 Å². The molecular weight excluding hydrogens is 548 g/mol. The first-order valence-electron chi connectivity index (χ1n) is 15.1. The predicted molar refractivity (Wildman–Crippen MR) is 185 cm³/mol. The van der Waals surface area contributed by atoms with E-state index in [-0.39, 0.29) is 0 Å². The van der Waals surface area contributed by atoms with Crippen molar-refractivity contribution in [1.82, 2.24) is 19.7 Å². The average Bonchev–Trinajstić information content (AvgIpc) is 3.53. The highest BCUT2D eigenvalue weighted by Gasteiger charge is 2.21. The number of hydrogen-bond acceptors (Lipinski definition) is 3. The molecule has 6 aromatic carbocycles. The molecule has 0 N–H and O–H groups in total. The molecule has 0 spiro atoms. The van der Waals surface area contributed by atoms with Crippen LogP contribution >= 0.6 is 0 Å². The van der Waals surface area contributed by atoms with Crippen molar-refractivity contribution < 1.29 is 0 Å². The molecule has 4 nitrogen and oxygen atoms in total. The summed E-state index contributed by atoms with van der Waals surface area (Å²) in [6.45, 7) is 0. The van der Waals surface area contributed by atoms with Crippen molar-refractivity contribution in [3.8, 4) is 39.3 Å². The van der Waals surface area contributed by atoms with E-state index in [0.29, 0.717) is 0 Å². The van der Waals surface area contributed by atoms with Gasteiger partial charge < -0.3 is 0 Å². The summed E-state index contributed by atoms with van der Waals surface area (Å²) >= 11 is 0. The van der Waals surface area contributed by atoms with Crippen LogP contribution in [0.15, 0.2) is 158 Å². The Morgan fingerprint density at radius 3 is 1.96 bits per heavy atom. The molecule has 4 heteroatoms. The molecule has 0 saturated carbocycles. The molecule has 3 heterocycles. The van der Waals surface area contributed by atoms with Crippen LogP contribution in [0.3, 0.4) is 0 Å². The molecule has 0 aliphatic carbocycles. The van der Waals surface area contributed by atoms with Gasteiger partial charge in [0.25, 0.3) is 0 Å². The van der Waals surface area contributed by atoms with E-state index in [1.54, 1.807) is 0 Å². The Hall–Kier alpha value is -6.13. The van der Waals surface area contributed by atoms with E-state index in [4.69, 9.17) is 10.1 Å². The maximum absolute atomic E-state index is 5.31. The quantitative estimate of drug-likeness (QED) is 0.196. The fraction of sp³-hybridized carbons (Fsp3) is 0. The molecule has 0 radical (unpaired) electrons. The number of aromatic nitrogens is 4. The Morgan fingerprint density at radius 1 is 0.489 bits per heavy atom. The summed E-state index contributed by atoms with van der Waals surface area (Å²) in [6.07, 6.45) is 1.84. The molecule has 0 unspecified atom stereocenters. The van der Waals surface area contributed by atoms with Gasteiger partial charge in [-0.25, -0.2) is 9.67 Å². The second kappa shape index (κ2) is 10.2. The van der Waals surface area contributed by atoms with Crippen LogP contribution in [-0.4, -0.2) is 19.7 Å². The Balaban J connectivity index is 1.36. The molecule has 0 aliphatic heterocycles. The highest BCUT2D eigenvalue weighted by Crippen LogP contribution is 2.42. The van der Waals surface area contributed by atoms with Gasteiger partial charge in [-0.1, -0.05) is 115 Å². The average molecular weight is 575 g/mol. The van der Waals surface area contributed by atoms with Crippen molar-refractivity contribution in [2.45, 2.75) is 0 Å². The monoisotopic (exact) mass is 574 g/mol. The fourth-order valence-corrected chi connectivity index (χ4v) is 6.49. The normalized spacial score (nSPS) is 11.6. The highest BCUT2D eigenvalue weighted by atomic mass is 15.3. The van der Waals surface area contributed by atoms with Crippen LogP contribution in [0.1, 0.15) is 0 Å². The molecule has 0 aliphatic rings. The summed E-state index contributed by atoms with van der Waals surface area (Å²) in [4.78, 5) is 9.82. The lowest BCUT2D eigenvalue weighted by Gasteiger charge is -2.13. The van der Waals surface area contributed by atoms with E-state index in [1.165, 1.54) is 0 Å². The standard InChI is InChI=1S/C41H26N4/c1-4-11-27(12-5-1)35-26-32-25-31(36-23-21-30-19-18-29-15-10-24-42-39(29)40(30)43-36)20-22-34(32)41-37(35)38(28-13-6-2-7-14-28)44-45(41)33-16-8-3-9-17-33/h1-26H. The smallest absolute Gasteiger partial charge is 0.101 e. The van der Waals surface area contributed by atoms with Crippen molar-refractivity contribution in [1.29, 1.82) is 0 Å². The van der Waals surface area contributed by atoms with Gasteiger partial charge in [0.05, 0.1) is 27.9 Å². The maximum atomic E-state index is 5.31. The third-order valence-corrected chi connectivity index (χ3v) is 8.62. The van der Waals surface area contributed by atoms with E-state index in [1.807, 2.05) is 18.3 Å². The number of rotatable bonds is 4. The van der Waals surface area contributed by atoms with Crippen LogP contribution in [0, 0.1) is 0 Å². The maximum Gasteiger partial charge on any atom is 0.101 e. The minimum atomic E-state index is 0.917. The molecule has 9 rings (SSSR count). The van der Waals surface area contributed by atoms with E-state index in [0.717, 1.165) is 82.8 Å². The molecule has 0 bridgehead atoms. The van der Waals surface area contributed by atoms with E-state index < -0.39 is 0 Å². The van der Waals surface area contributed by atoms with Crippen LogP contribution in [0.5, 0.6) is 0 Å². The lowest BCUT2D eigenvalue weighted by Crippen LogP contribution is -1.97. The van der Waals surface area contributed by atoms with Gasteiger partial charge in [0, 0.05) is 38.9 Å². The first-order valence-corrected chi connectivity index (χ1v) is 15.1. The van der Waals surface area contributed by atoms with E-state index >= 15 is 0 Å². The zero-order chi connectivity index (χ0) is 29.7. The van der Waals surface area contributed by atoms with Crippen molar-refractivity contribution in [3.63, 3.8) is 0 Å². The summed E-state index contributed by atoms with van der Waals surface area (Å²) < 4.78 is 2.11. The number of hydrogen-bond donors (Lipinski definition) is 0. The van der Waals surface area contributed by atoms with E-state index in [2.05, 4.69) is 149 Å². The van der Waals surface area contributed by atoms with Gasteiger partial charge in [-0.05, 0) is 52.9 Å². The minimum absolute atomic E-state index is 0.917. The molecule has 9 aromatic rings. The molecule has 3 aromatic heterocycles. The molecule has 0 atom stereocenters. The lowest BCUT2D eigenvalue weighted by atomic mass is 9.92. The Bertz CT molecular complexity index is 2520. The molecule has 0 amide bonds. The Morgan fingerprint density at radius 2 is 1.18 bits per heavy atom. The van der Waals surface area contributed by atoms with Crippen molar-refractivity contribution in [2.75, 3.05) is 0 Å². The second-order valence-electron chi connectivity index (χ2n) is 11.3. The summed E-state index contributed by atoms with van der Waals surface area (Å²) in [7, 11) is 0. The highest BCUT2D eigenvalue weighted by molar-refractivity contribution is 6.17. The van der Waals surface area contributed by atoms with Crippen LogP contribution in [0.25, 0.3) is 82.8 Å². The third kappa shape index (κ3) is 4.19. The van der Waals surface area contributed by atoms with Gasteiger partial charge in [-0.3, -0.25) is 4.98 Å². The molecule has 45 heavy (non-hydrogen) atoms. The van der Waals surface area contributed by atoms with Gasteiger partial charge in [0.1, 0.15) is 5.69 Å². The Kier molecular flexibility index (Phi) is 5.78. The second-order valence-corrected chi connectivity index (χ2v) is 11.3. The first kappa shape index (κ1) is 25.4. The summed E-state index contributed by atoms with van der Waals surface area (Å²) in [5.41, 5.74) is 10.3. The number of pyridine rings is 2.